The predicted molar refractivity (Wildman–Crippen MR) is 22.8 cm³/mol. The van der Waals surface area contributed by atoms with Crippen LogP contribution in [0, 0.1) is 0 Å². The maximum atomic E-state index is 4.22. The summed E-state index contributed by atoms with van der Waals surface area (Å²) in [4.78, 5) is 0. The van der Waals surface area contributed by atoms with Gasteiger partial charge in [-0.2, -0.15) is 0 Å². The van der Waals surface area contributed by atoms with Crippen LogP contribution in [0.4, 0.5) is 0 Å². The quantitative estimate of drug-likeness (QED) is 0.382. The molecule has 1 aromatic heterocycles. The fraction of sp³-hybridized carbons (Fsp3) is 0. The van der Waals surface area contributed by atoms with Gasteiger partial charge in [-0.15, -0.1) is 5.10 Å². The van der Waals surface area contributed by atoms with Crippen LogP contribution in [0.5, 0.6) is 0 Å². The zero-order chi connectivity index (χ0) is 3.54. The Morgan fingerprint density at radius 1 is 1.50 bits per heavy atom. The zero-order valence-corrected chi connectivity index (χ0v) is 2.46. The van der Waals surface area contributed by atoms with Crippen LogP contribution in [-0.2, 0) is 0 Å². The average Bonchev–Trinajstić information content (AvgIpc) is 1.76. The summed E-state index contributed by atoms with van der Waals surface area (Å²) in [6, 6.07) is 0. The van der Waals surface area contributed by atoms with Gasteiger partial charge in [-0.05, 0) is 0 Å². The number of hydrogen-bond donors (Lipinski definition) is 0. The van der Waals surface area contributed by atoms with Crippen molar-refractivity contribution < 1.29 is 4.52 Å². The molecule has 0 amide bonds. The smallest absolute Gasteiger partial charge is 0.144 e. The minimum absolute atomic E-state index is 0. The fourth-order valence-electron chi connectivity index (χ4n) is 0.136. The van der Waals surface area contributed by atoms with Crippen LogP contribution in [0.3, 0.4) is 0 Å². The van der Waals surface area contributed by atoms with E-state index in [-0.39, 0.29) is 10.1 Å². The van der Waals surface area contributed by atoms with E-state index in [2.05, 4.69) is 14.9 Å². The Labute approximate surface area is 38.5 Å². The van der Waals surface area contributed by atoms with Crippen LogP contribution < -0.4 is 0 Å². The first-order valence-electron chi connectivity index (χ1n) is 1.21. The van der Waals surface area contributed by atoms with Gasteiger partial charge in [0.25, 0.3) is 0 Å². The summed E-state index contributed by atoms with van der Waals surface area (Å²) in [6.07, 6.45) is 2.88. The van der Waals surface area contributed by atoms with Crippen molar-refractivity contribution in [2.45, 2.75) is 0 Å². The third-order valence-electron chi connectivity index (χ3n) is 0.283. The number of nitrogens with zero attached hydrogens (tertiary/aromatic N) is 2. The molecule has 0 spiro atoms. The molecule has 30 valence electrons. The zero-order valence-electron chi connectivity index (χ0n) is 2.46. The second kappa shape index (κ2) is 2.54. The summed E-state index contributed by atoms with van der Waals surface area (Å²) >= 11 is 0. The Morgan fingerprint density at radius 2 is 2.33 bits per heavy atom. The van der Waals surface area contributed by atoms with Gasteiger partial charge in [0.15, 0.2) is 0 Å². The van der Waals surface area contributed by atoms with Crippen LogP contribution in [0.1, 0.15) is 0 Å². The molecule has 0 aliphatic carbocycles. The minimum atomic E-state index is 0. The molecular formula is C2H4BeN2O. The van der Waals surface area contributed by atoms with Gasteiger partial charge in [-0.3, -0.25) is 0 Å². The fourth-order valence-corrected chi connectivity index (χ4v) is 0.136. The maximum Gasteiger partial charge on any atom is 0.144 e. The summed E-state index contributed by atoms with van der Waals surface area (Å²) in [5, 5.41) is 6.40. The van der Waals surface area contributed by atoms with E-state index in [4.69, 9.17) is 0 Å². The molecule has 0 saturated carbocycles. The second-order valence-electron chi connectivity index (χ2n) is 0.588. The van der Waals surface area contributed by atoms with Crippen LogP contribution in [0.2, 0.25) is 0 Å². The van der Waals surface area contributed by atoms with Crippen molar-refractivity contribution in [1.82, 2.24) is 10.4 Å². The molecule has 0 atom stereocenters. The molecule has 0 aliphatic heterocycles. The predicted octanol–water partition coefficient (Wildman–Crippen LogP) is -0.847. The largest absolute Gasteiger partial charge is 0.346 e. The molecule has 1 aromatic rings. The summed E-state index contributed by atoms with van der Waals surface area (Å²) in [5.41, 5.74) is 0. The van der Waals surface area contributed by atoms with Gasteiger partial charge in [0.1, 0.15) is 6.26 Å². The van der Waals surface area contributed by atoms with Crippen molar-refractivity contribution in [3.63, 3.8) is 0 Å². The molecule has 0 saturated heterocycles. The maximum absolute atomic E-state index is 4.22. The molecule has 0 N–H and O–H groups in total. The normalized spacial score (nSPS) is 6.67. The number of aromatic nitrogens is 2. The van der Waals surface area contributed by atoms with Crippen molar-refractivity contribution >= 4 is 10.1 Å². The molecule has 6 heavy (non-hydrogen) atoms. The van der Waals surface area contributed by atoms with Crippen LogP contribution in [0.25, 0.3) is 0 Å². The molecule has 0 fully saturated rings. The monoisotopic (exact) mass is 81.0 g/mol. The van der Waals surface area contributed by atoms with E-state index in [9.17, 15) is 0 Å². The SMILES string of the molecule is [BeH2].c1conn1. The van der Waals surface area contributed by atoms with Crippen molar-refractivity contribution in [3.05, 3.63) is 12.5 Å². The van der Waals surface area contributed by atoms with Crippen molar-refractivity contribution in [3.8, 4) is 0 Å². The third-order valence-corrected chi connectivity index (χ3v) is 0.283. The van der Waals surface area contributed by atoms with Crippen LogP contribution >= 0.6 is 0 Å². The molecule has 0 aromatic carbocycles. The van der Waals surface area contributed by atoms with E-state index < -0.39 is 0 Å². The summed E-state index contributed by atoms with van der Waals surface area (Å²) in [6.45, 7) is 0. The standard InChI is InChI=1S/C2H2N2O.Be.2H/c1-2-5-4-3-1;;;/h1-2H;;;. The Hall–Kier alpha value is -0.691. The van der Waals surface area contributed by atoms with Gasteiger partial charge >= 0.3 is 10.1 Å². The second-order valence-corrected chi connectivity index (χ2v) is 0.588. The van der Waals surface area contributed by atoms with Crippen molar-refractivity contribution in [2.75, 3.05) is 0 Å². The molecule has 0 radical (unpaired) electrons. The first kappa shape index (κ1) is 5.31. The van der Waals surface area contributed by atoms with Crippen molar-refractivity contribution in [2.24, 2.45) is 0 Å². The Morgan fingerprint density at radius 3 is 2.50 bits per heavy atom. The molecule has 1 rings (SSSR count). The van der Waals surface area contributed by atoms with Gasteiger partial charge in [-0.25, -0.2) is 0 Å². The Bertz CT molecular complexity index is 68.0. The van der Waals surface area contributed by atoms with E-state index >= 15 is 0 Å². The topological polar surface area (TPSA) is 38.9 Å². The molecule has 0 bridgehead atoms. The summed E-state index contributed by atoms with van der Waals surface area (Å²) in [7, 11) is 0. The molecule has 0 aliphatic rings. The van der Waals surface area contributed by atoms with Gasteiger partial charge in [0, 0.05) is 5.27 Å². The van der Waals surface area contributed by atoms with E-state index in [0.717, 1.165) is 0 Å². The Balaban J connectivity index is 0.000000250. The number of hydrogen-bond acceptors (Lipinski definition) is 3. The average molecular weight is 81.1 g/mol. The van der Waals surface area contributed by atoms with Gasteiger partial charge in [0.05, 0.1) is 6.20 Å². The van der Waals surface area contributed by atoms with E-state index in [1.807, 2.05) is 0 Å². The number of rotatable bonds is 0. The Kier molecular flexibility index (Phi) is 2.25. The van der Waals surface area contributed by atoms with Crippen molar-refractivity contribution in [1.29, 1.82) is 0 Å². The van der Waals surface area contributed by atoms with E-state index in [1.54, 1.807) is 0 Å². The molecule has 4 heteroatoms. The first-order chi connectivity index (χ1) is 2.50. The van der Waals surface area contributed by atoms with Gasteiger partial charge in [0.2, 0.25) is 0 Å². The molecule has 1 heterocycles. The van der Waals surface area contributed by atoms with Gasteiger partial charge in [-0.1, -0.05) is 0 Å². The van der Waals surface area contributed by atoms with E-state index in [0.29, 0.717) is 0 Å². The molecular weight excluding hydrogens is 77.0 g/mol. The summed E-state index contributed by atoms with van der Waals surface area (Å²) in [5.74, 6) is 0. The van der Waals surface area contributed by atoms with E-state index in [1.165, 1.54) is 12.5 Å². The first-order valence-corrected chi connectivity index (χ1v) is 1.21. The van der Waals surface area contributed by atoms with Gasteiger partial charge < -0.3 is 4.52 Å². The van der Waals surface area contributed by atoms with Crippen LogP contribution in [-0.4, -0.2) is 20.5 Å². The third kappa shape index (κ3) is 0.950. The minimum Gasteiger partial charge on any atom is -0.346 e. The molecule has 0 unspecified atom stereocenters. The van der Waals surface area contributed by atoms with Crippen LogP contribution in [0.15, 0.2) is 17.0 Å². The molecule has 3 nitrogen and oxygen atoms in total. The summed E-state index contributed by atoms with van der Waals surface area (Å²) < 4.78 is 4.22.